The maximum absolute atomic E-state index is 12.2. The summed E-state index contributed by atoms with van der Waals surface area (Å²) < 4.78 is 5.02. The molecule has 0 radical (unpaired) electrons. The lowest BCUT2D eigenvalue weighted by atomic mass is 10.0. The van der Waals surface area contributed by atoms with Gasteiger partial charge in [-0.3, -0.25) is 9.59 Å². The van der Waals surface area contributed by atoms with E-state index in [1.54, 1.807) is 52.3 Å². The van der Waals surface area contributed by atoms with E-state index in [2.05, 4.69) is 0 Å². The van der Waals surface area contributed by atoms with E-state index in [-0.39, 0.29) is 5.91 Å². The van der Waals surface area contributed by atoms with E-state index in [9.17, 15) is 9.59 Å². The summed E-state index contributed by atoms with van der Waals surface area (Å²) in [4.78, 5) is 24.8. The predicted molar refractivity (Wildman–Crippen MR) is 68.4 cm³/mol. The first-order valence-corrected chi connectivity index (χ1v) is 5.53. The van der Waals surface area contributed by atoms with Crippen molar-refractivity contribution >= 4 is 11.8 Å². The molecule has 0 fully saturated rings. The van der Waals surface area contributed by atoms with Crippen LogP contribution < -0.4 is 10.5 Å². The van der Waals surface area contributed by atoms with E-state index in [1.165, 1.54) is 4.90 Å². The Morgan fingerprint density at radius 1 is 1.22 bits per heavy atom. The van der Waals surface area contributed by atoms with Gasteiger partial charge in [0.25, 0.3) is 5.91 Å². The number of benzene rings is 1. The Kier molecular flexibility index (Phi) is 3.96. The monoisotopic (exact) mass is 250 g/mol. The van der Waals surface area contributed by atoms with Crippen LogP contribution in [0.3, 0.4) is 0 Å². The Morgan fingerprint density at radius 2 is 1.72 bits per heavy atom. The molecule has 0 aliphatic heterocycles. The zero-order valence-electron chi connectivity index (χ0n) is 11.1. The maximum Gasteiger partial charge on any atom is 0.254 e. The molecule has 0 aliphatic rings. The first-order chi connectivity index (χ1) is 8.30. The fourth-order valence-corrected chi connectivity index (χ4v) is 1.35. The number of hydrogen-bond acceptors (Lipinski definition) is 3. The molecule has 0 saturated heterocycles. The van der Waals surface area contributed by atoms with Crippen molar-refractivity contribution in [3.8, 4) is 5.75 Å². The summed E-state index contributed by atoms with van der Waals surface area (Å²) >= 11 is 0. The highest BCUT2D eigenvalue weighted by atomic mass is 16.5. The van der Waals surface area contributed by atoms with Crippen LogP contribution in [0, 0.1) is 0 Å². The summed E-state index contributed by atoms with van der Waals surface area (Å²) in [5, 5.41) is 0. The van der Waals surface area contributed by atoms with Crippen molar-refractivity contribution in [1.29, 1.82) is 0 Å². The largest absolute Gasteiger partial charge is 0.497 e. The molecule has 1 aromatic rings. The lowest BCUT2D eigenvalue weighted by molar-refractivity contribution is -0.126. The van der Waals surface area contributed by atoms with E-state index in [0.717, 1.165) is 0 Å². The first-order valence-electron chi connectivity index (χ1n) is 5.53. The summed E-state index contributed by atoms with van der Waals surface area (Å²) in [6, 6.07) is 6.68. The van der Waals surface area contributed by atoms with E-state index in [4.69, 9.17) is 10.5 Å². The highest BCUT2D eigenvalue weighted by molar-refractivity contribution is 5.98. The standard InChI is InChI=1S/C13H18N2O3/c1-13(2,12(14)17)15(3)11(16)9-5-7-10(18-4)8-6-9/h5-8H,1-4H3,(H2,14,17). The van der Waals surface area contributed by atoms with Crippen molar-refractivity contribution < 1.29 is 14.3 Å². The minimum absolute atomic E-state index is 0.263. The Balaban J connectivity index is 2.96. The van der Waals surface area contributed by atoms with Gasteiger partial charge in [0.1, 0.15) is 11.3 Å². The quantitative estimate of drug-likeness (QED) is 0.867. The molecule has 2 amide bonds. The van der Waals surface area contributed by atoms with Crippen LogP contribution in [0.15, 0.2) is 24.3 Å². The maximum atomic E-state index is 12.2. The molecule has 0 heterocycles. The van der Waals surface area contributed by atoms with Crippen LogP contribution in [0.25, 0.3) is 0 Å². The average molecular weight is 250 g/mol. The summed E-state index contributed by atoms with van der Waals surface area (Å²) in [6.07, 6.45) is 0. The number of carbonyl (C=O) groups is 2. The summed E-state index contributed by atoms with van der Waals surface area (Å²) in [5.41, 5.74) is 4.73. The lowest BCUT2D eigenvalue weighted by Crippen LogP contribution is -2.53. The van der Waals surface area contributed by atoms with Gasteiger partial charge in [-0.25, -0.2) is 0 Å². The zero-order valence-corrected chi connectivity index (χ0v) is 11.1. The minimum atomic E-state index is -1.03. The SMILES string of the molecule is COc1ccc(C(=O)N(C)C(C)(C)C(N)=O)cc1. The molecule has 1 rings (SSSR count). The van der Waals surface area contributed by atoms with Gasteiger partial charge in [-0.2, -0.15) is 0 Å². The van der Waals surface area contributed by atoms with Crippen LogP contribution in [0.2, 0.25) is 0 Å². The number of amides is 2. The van der Waals surface area contributed by atoms with Gasteiger partial charge in [-0.1, -0.05) is 0 Å². The number of ether oxygens (including phenoxy) is 1. The molecule has 0 saturated carbocycles. The van der Waals surface area contributed by atoms with Gasteiger partial charge >= 0.3 is 0 Å². The van der Waals surface area contributed by atoms with Crippen molar-refractivity contribution in [2.75, 3.05) is 14.2 Å². The van der Waals surface area contributed by atoms with Gasteiger partial charge in [-0.15, -0.1) is 0 Å². The van der Waals surface area contributed by atoms with Gasteiger partial charge in [-0.05, 0) is 38.1 Å². The van der Waals surface area contributed by atoms with Crippen LogP contribution >= 0.6 is 0 Å². The van der Waals surface area contributed by atoms with Gasteiger partial charge in [0.15, 0.2) is 0 Å². The van der Waals surface area contributed by atoms with E-state index in [0.29, 0.717) is 11.3 Å². The molecule has 2 N–H and O–H groups in total. The summed E-state index contributed by atoms with van der Waals surface area (Å²) in [6.45, 7) is 3.22. The number of nitrogens with two attached hydrogens (primary N) is 1. The normalized spacial score (nSPS) is 10.9. The van der Waals surface area contributed by atoms with Gasteiger partial charge in [0.2, 0.25) is 5.91 Å². The number of rotatable bonds is 4. The van der Waals surface area contributed by atoms with Crippen molar-refractivity contribution in [2.24, 2.45) is 5.73 Å². The molecule has 98 valence electrons. The van der Waals surface area contributed by atoms with Crippen LogP contribution in [-0.2, 0) is 4.79 Å². The molecule has 5 nitrogen and oxygen atoms in total. The van der Waals surface area contributed by atoms with Crippen molar-refractivity contribution in [1.82, 2.24) is 4.90 Å². The Labute approximate surface area is 107 Å². The second-order valence-corrected chi connectivity index (χ2v) is 4.52. The third-order valence-corrected chi connectivity index (χ3v) is 3.08. The predicted octanol–water partition coefficient (Wildman–Crippen LogP) is 1.03. The van der Waals surface area contributed by atoms with Gasteiger partial charge in [0, 0.05) is 12.6 Å². The van der Waals surface area contributed by atoms with Crippen molar-refractivity contribution in [3.05, 3.63) is 29.8 Å². The Bertz CT molecular complexity index is 452. The molecule has 1 aromatic carbocycles. The molecule has 0 atom stereocenters. The lowest BCUT2D eigenvalue weighted by Gasteiger charge is -2.32. The van der Waals surface area contributed by atoms with E-state index >= 15 is 0 Å². The summed E-state index contributed by atoms with van der Waals surface area (Å²) in [7, 11) is 3.11. The van der Waals surface area contributed by atoms with Crippen LogP contribution in [0.4, 0.5) is 0 Å². The third kappa shape index (κ3) is 2.61. The second kappa shape index (κ2) is 5.08. The first kappa shape index (κ1) is 14.0. The Morgan fingerprint density at radius 3 is 2.11 bits per heavy atom. The molecule has 0 bridgehead atoms. The van der Waals surface area contributed by atoms with Crippen molar-refractivity contribution in [3.63, 3.8) is 0 Å². The summed E-state index contributed by atoms with van der Waals surface area (Å²) in [5.74, 6) is -0.142. The molecular weight excluding hydrogens is 232 g/mol. The van der Waals surface area contributed by atoms with Crippen molar-refractivity contribution in [2.45, 2.75) is 19.4 Å². The van der Waals surface area contributed by atoms with Crippen LogP contribution in [0.1, 0.15) is 24.2 Å². The minimum Gasteiger partial charge on any atom is -0.497 e. The number of methoxy groups -OCH3 is 1. The molecule has 5 heteroatoms. The third-order valence-electron chi connectivity index (χ3n) is 3.08. The fourth-order valence-electron chi connectivity index (χ4n) is 1.35. The second-order valence-electron chi connectivity index (χ2n) is 4.52. The molecule has 0 aromatic heterocycles. The van der Waals surface area contributed by atoms with Gasteiger partial charge < -0.3 is 15.4 Å². The van der Waals surface area contributed by atoms with Gasteiger partial charge in [0.05, 0.1) is 7.11 Å². The van der Waals surface area contributed by atoms with E-state index < -0.39 is 11.4 Å². The topological polar surface area (TPSA) is 72.6 Å². The molecule has 0 aliphatic carbocycles. The van der Waals surface area contributed by atoms with Crippen LogP contribution in [0.5, 0.6) is 5.75 Å². The fraction of sp³-hybridized carbons (Fsp3) is 0.385. The molecule has 18 heavy (non-hydrogen) atoms. The number of nitrogens with zero attached hydrogens (tertiary/aromatic N) is 1. The van der Waals surface area contributed by atoms with E-state index in [1.807, 2.05) is 0 Å². The molecular formula is C13H18N2O3. The Hall–Kier alpha value is -2.04. The number of hydrogen-bond donors (Lipinski definition) is 1. The van der Waals surface area contributed by atoms with Crippen LogP contribution in [-0.4, -0.2) is 36.4 Å². The number of carbonyl (C=O) groups excluding carboxylic acids is 2. The zero-order chi connectivity index (χ0) is 13.9. The number of primary amides is 1. The highest BCUT2D eigenvalue weighted by Gasteiger charge is 2.33. The average Bonchev–Trinajstić information content (AvgIpc) is 2.36. The molecule has 0 spiro atoms. The highest BCUT2D eigenvalue weighted by Crippen LogP contribution is 2.17. The molecule has 0 unspecified atom stereocenters. The smallest absolute Gasteiger partial charge is 0.254 e. The number of likely N-dealkylation sites (N-methyl/N-ethyl adjacent to an activating group) is 1.